The number of carbonyl (C=O) groups is 1. The topological polar surface area (TPSA) is 83.1 Å². The summed E-state index contributed by atoms with van der Waals surface area (Å²) >= 11 is 0. The van der Waals surface area contributed by atoms with Gasteiger partial charge in [-0.15, -0.1) is 0 Å². The lowest BCUT2D eigenvalue weighted by Gasteiger charge is -2.11. The molecule has 6 heteroatoms. The molecule has 0 spiro atoms. The van der Waals surface area contributed by atoms with E-state index in [1.807, 2.05) is 55.6 Å². The molecule has 2 aromatic heterocycles. The van der Waals surface area contributed by atoms with Crippen LogP contribution in [0.4, 0.5) is 5.69 Å². The minimum absolute atomic E-state index is 0.0476. The molecule has 2 heterocycles. The molecule has 132 valence electrons. The van der Waals surface area contributed by atoms with E-state index in [1.54, 1.807) is 0 Å². The van der Waals surface area contributed by atoms with E-state index < -0.39 is 0 Å². The van der Waals surface area contributed by atoms with Gasteiger partial charge in [0, 0.05) is 29.6 Å². The van der Waals surface area contributed by atoms with Crippen LogP contribution in [-0.4, -0.2) is 20.5 Å². The van der Waals surface area contributed by atoms with Crippen molar-refractivity contribution in [3.05, 3.63) is 58.5 Å². The Balaban J connectivity index is 1.67. The molecule has 1 amide bonds. The van der Waals surface area contributed by atoms with Crippen LogP contribution in [0.3, 0.4) is 0 Å². The Morgan fingerprint density at radius 1 is 1.23 bits per heavy atom. The molecule has 3 aromatic rings. The first kappa shape index (κ1) is 17.6. The summed E-state index contributed by atoms with van der Waals surface area (Å²) in [6.07, 6.45) is 1.35. The number of amides is 1. The minimum atomic E-state index is -0.0476. The summed E-state index contributed by atoms with van der Waals surface area (Å²) in [4.78, 5) is 16.9. The summed E-state index contributed by atoms with van der Waals surface area (Å²) in [7, 11) is 0. The monoisotopic (exact) mass is 347 g/mol. The second-order valence-electron chi connectivity index (χ2n) is 6.40. The van der Waals surface area contributed by atoms with Crippen LogP contribution < -0.4 is 5.32 Å². The lowest BCUT2D eigenvalue weighted by atomic mass is 10.1. The van der Waals surface area contributed by atoms with Gasteiger partial charge in [-0.3, -0.25) is 4.79 Å². The molecular formula is C20H21N5O. The number of anilines is 1. The molecule has 0 bridgehead atoms. The van der Waals surface area contributed by atoms with E-state index in [0.29, 0.717) is 19.3 Å². The van der Waals surface area contributed by atoms with Gasteiger partial charge in [-0.25, -0.2) is 9.50 Å². The average Bonchev–Trinajstić information content (AvgIpc) is 2.97. The maximum absolute atomic E-state index is 12.3. The van der Waals surface area contributed by atoms with Gasteiger partial charge in [0.15, 0.2) is 5.65 Å². The molecule has 1 N–H and O–H groups in total. The molecule has 3 rings (SSSR count). The van der Waals surface area contributed by atoms with Crippen molar-refractivity contribution in [1.29, 1.82) is 5.26 Å². The zero-order valence-corrected chi connectivity index (χ0v) is 15.2. The van der Waals surface area contributed by atoms with Gasteiger partial charge in [-0.2, -0.15) is 10.4 Å². The molecule has 6 nitrogen and oxygen atoms in total. The van der Waals surface area contributed by atoms with Gasteiger partial charge in [0.1, 0.15) is 0 Å². The van der Waals surface area contributed by atoms with Crippen LogP contribution in [0, 0.1) is 32.1 Å². The van der Waals surface area contributed by atoms with E-state index in [9.17, 15) is 4.79 Å². The Bertz CT molecular complexity index is 996. The van der Waals surface area contributed by atoms with Gasteiger partial charge in [-0.1, -0.05) is 12.1 Å². The standard InChI is InChI=1S/C20H21N5O/c1-13-12-19-22-14(2)18(15(3)25(19)24-13)8-9-20(26)23-17-6-4-16(5-7-17)10-11-21/h4-7,12H,8-10H2,1-3H3,(H,23,26). The second-order valence-corrected chi connectivity index (χ2v) is 6.40. The van der Waals surface area contributed by atoms with Crippen LogP contribution in [0.15, 0.2) is 30.3 Å². The largest absolute Gasteiger partial charge is 0.326 e. The van der Waals surface area contributed by atoms with E-state index >= 15 is 0 Å². The summed E-state index contributed by atoms with van der Waals surface area (Å²) in [6, 6.07) is 11.4. The zero-order valence-electron chi connectivity index (χ0n) is 15.2. The zero-order chi connectivity index (χ0) is 18.7. The fraction of sp³-hybridized carbons (Fsp3) is 0.300. The SMILES string of the molecule is Cc1cc2nc(C)c(CCC(=O)Nc3ccc(CC#N)cc3)c(C)n2n1. The van der Waals surface area contributed by atoms with Crippen molar-refractivity contribution in [3.8, 4) is 6.07 Å². The second kappa shape index (κ2) is 7.36. The Hall–Kier alpha value is -3.20. The predicted molar refractivity (Wildman–Crippen MR) is 99.9 cm³/mol. The number of nitrogens with zero attached hydrogens (tertiary/aromatic N) is 4. The van der Waals surface area contributed by atoms with Crippen LogP contribution in [-0.2, 0) is 17.6 Å². The van der Waals surface area contributed by atoms with Gasteiger partial charge in [0.2, 0.25) is 5.91 Å². The van der Waals surface area contributed by atoms with E-state index in [2.05, 4.69) is 21.5 Å². The summed E-state index contributed by atoms with van der Waals surface area (Å²) in [5.74, 6) is -0.0476. The van der Waals surface area contributed by atoms with Crippen molar-refractivity contribution in [3.63, 3.8) is 0 Å². The Kier molecular flexibility index (Phi) is 4.99. The summed E-state index contributed by atoms with van der Waals surface area (Å²) < 4.78 is 1.84. The number of nitriles is 1. The maximum Gasteiger partial charge on any atom is 0.224 e. The molecule has 0 atom stereocenters. The number of fused-ring (bicyclic) bond motifs is 1. The van der Waals surface area contributed by atoms with E-state index in [0.717, 1.165) is 39.5 Å². The maximum atomic E-state index is 12.3. The smallest absolute Gasteiger partial charge is 0.224 e. The van der Waals surface area contributed by atoms with Crippen LogP contribution >= 0.6 is 0 Å². The number of rotatable bonds is 5. The highest BCUT2D eigenvalue weighted by molar-refractivity contribution is 5.90. The predicted octanol–water partition coefficient (Wildman–Crippen LogP) is 3.29. The number of hydrogen-bond donors (Lipinski definition) is 1. The quantitative estimate of drug-likeness (QED) is 0.767. The third-order valence-electron chi connectivity index (χ3n) is 4.41. The highest BCUT2D eigenvalue weighted by Crippen LogP contribution is 2.17. The lowest BCUT2D eigenvalue weighted by molar-refractivity contribution is -0.116. The van der Waals surface area contributed by atoms with Crippen molar-refractivity contribution < 1.29 is 4.79 Å². The molecule has 26 heavy (non-hydrogen) atoms. The molecule has 0 fully saturated rings. The molecule has 0 saturated carbocycles. The third kappa shape index (κ3) is 3.72. The average molecular weight is 347 g/mol. The first-order valence-corrected chi connectivity index (χ1v) is 8.56. The Morgan fingerprint density at radius 3 is 2.65 bits per heavy atom. The van der Waals surface area contributed by atoms with Gasteiger partial charge in [-0.05, 0) is 50.5 Å². The summed E-state index contributed by atoms with van der Waals surface area (Å²) in [6.45, 7) is 5.92. The molecule has 0 aliphatic carbocycles. The van der Waals surface area contributed by atoms with Crippen molar-refractivity contribution >= 4 is 17.2 Å². The number of aromatic nitrogens is 3. The van der Waals surface area contributed by atoms with E-state index in [1.165, 1.54) is 0 Å². The number of aryl methyl sites for hydroxylation is 3. The van der Waals surface area contributed by atoms with Gasteiger partial charge >= 0.3 is 0 Å². The third-order valence-corrected chi connectivity index (χ3v) is 4.41. The first-order chi connectivity index (χ1) is 12.5. The van der Waals surface area contributed by atoms with E-state index in [-0.39, 0.29) is 5.91 Å². The molecule has 0 unspecified atom stereocenters. The summed E-state index contributed by atoms with van der Waals surface area (Å²) in [5, 5.41) is 16.1. The molecule has 0 aliphatic heterocycles. The fourth-order valence-corrected chi connectivity index (χ4v) is 3.06. The fourth-order valence-electron chi connectivity index (χ4n) is 3.06. The number of carbonyl (C=O) groups excluding carboxylic acids is 1. The van der Waals surface area contributed by atoms with Crippen LogP contribution in [0.25, 0.3) is 5.65 Å². The normalized spacial score (nSPS) is 10.7. The van der Waals surface area contributed by atoms with Gasteiger partial charge < -0.3 is 5.32 Å². The number of hydrogen-bond acceptors (Lipinski definition) is 4. The first-order valence-electron chi connectivity index (χ1n) is 8.56. The highest BCUT2D eigenvalue weighted by Gasteiger charge is 2.13. The lowest BCUT2D eigenvalue weighted by Crippen LogP contribution is -2.14. The molecular weight excluding hydrogens is 326 g/mol. The minimum Gasteiger partial charge on any atom is -0.326 e. The van der Waals surface area contributed by atoms with Gasteiger partial charge in [0.25, 0.3) is 0 Å². The number of nitrogens with one attached hydrogen (secondary N) is 1. The van der Waals surface area contributed by atoms with Crippen LogP contribution in [0.2, 0.25) is 0 Å². The van der Waals surface area contributed by atoms with Crippen molar-refractivity contribution in [1.82, 2.24) is 14.6 Å². The molecule has 1 aromatic carbocycles. The molecule has 0 radical (unpaired) electrons. The molecule has 0 aliphatic rings. The van der Waals surface area contributed by atoms with Crippen molar-refractivity contribution in [2.75, 3.05) is 5.32 Å². The molecule has 0 saturated heterocycles. The van der Waals surface area contributed by atoms with Crippen LogP contribution in [0.5, 0.6) is 0 Å². The summed E-state index contributed by atoms with van der Waals surface area (Å²) in [5.41, 5.74) is 6.45. The van der Waals surface area contributed by atoms with Gasteiger partial charge in [0.05, 0.1) is 18.2 Å². The van der Waals surface area contributed by atoms with E-state index in [4.69, 9.17) is 5.26 Å². The number of benzene rings is 1. The Labute approximate surface area is 152 Å². The van der Waals surface area contributed by atoms with Crippen molar-refractivity contribution in [2.45, 2.75) is 40.0 Å². The highest BCUT2D eigenvalue weighted by atomic mass is 16.1. The Morgan fingerprint density at radius 2 is 1.96 bits per heavy atom. The van der Waals surface area contributed by atoms with Crippen LogP contribution in [0.1, 0.15) is 34.6 Å². The van der Waals surface area contributed by atoms with Crippen molar-refractivity contribution in [2.24, 2.45) is 0 Å².